The maximum absolute atomic E-state index is 13.6. The third kappa shape index (κ3) is 4.97. The molecule has 190 valence electrons. The third-order valence-electron chi connectivity index (χ3n) is 6.25. The number of hydroxylamine groups is 2. The first-order valence-electron chi connectivity index (χ1n) is 11.3. The Morgan fingerprint density at radius 1 is 1.33 bits per heavy atom. The minimum atomic E-state index is -2.32. The van der Waals surface area contributed by atoms with Gasteiger partial charge in [-0.15, -0.1) is 0 Å². The molecule has 0 aromatic carbocycles. The summed E-state index contributed by atoms with van der Waals surface area (Å²) in [6.07, 6.45) is -0.935. The molecule has 0 spiro atoms. The number of hydrogen-bond donors (Lipinski definition) is 1. The van der Waals surface area contributed by atoms with Crippen molar-refractivity contribution < 1.29 is 38.2 Å². The second-order valence-electron chi connectivity index (χ2n) is 11.0. The topological polar surface area (TPSA) is 115 Å². The number of amides is 2. The molecule has 5 atom stereocenters. The van der Waals surface area contributed by atoms with E-state index in [9.17, 15) is 19.5 Å². The normalized spacial score (nSPS) is 29.6. The lowest BCUT2D eigenvalue weighted by molar-refractivity contribution is -0.196. The molecular formula is C22H40N2O8Si. The fourth-order valence-electron chi connectivity index (χ4n) is 4.64. The van der Waals surface area contributed by atoms with E-state index in [1.807, 2.05) is 19.6 Å². The molecule has 2 rings (SSSR count). The Bertz CT molecular complexity index is 779. The zero-order chi connectivity index (χ0) is 25.6. The van der Waals surface area contributed by atoms with Crippen LogP contribution in [0, 0.1) is 11.8 Å². The van der Waals surface area contributed by atoms with Gasteiger partial charge in [-0.1, -0.05) is 13.8 Å². The lowest BCUT2D eigenvalue weighted by atomic mass is 9.70. The maximum atomic E-state index is 13.6. The predicted octanol–water partition coefficient (Wildman–Crippen LogP) is 1.53. The van der Waals surface area contributed by atoms with E-state index in [0.29, 0.717) is 0 Å². The van der Waals surface area contributed by atoms with Gasteiger partial charge in [0.25, 0.3) is 0 Å². The van der Waals surface area contributed by atoms with Gasteiger partial charge in [0.05, 0.1) is 25.7 Å². The fourth-order valence-corrected chi connectivity index (χ4v) is 5.77. The van der Waals surface area contributed by atoms with Gasteiger partial charge < -0.3 is 19.0 Å². The van der Waals surface area contributed by atoms with Gasteiger partial charge in [-0.25, -0.2) is 9.86 Å². The Kier molecular flexibility index (Phi) is 7.77. The number of carbonyl (C=O) groups is 3. The minimum Gasteiger partial charge on any atom is -0.458 e. The molecule has 2 aliphatic rings. The summed E-state index contributed by atoms with van der Waals surface area (Å²) in [6, 6.07) is 0. The van der Waals surface area contributed by atoms with Gasteiger partial charge in [0.1, 0.15) is 17.9 Å². The third-order valence-corrected chi connectivity index (χ3v) is 7.24. The number of rotatable bonds is 8. The number of esters is 1. The van der Waals surface area contributed by atoms with Crippen molar-refractivity contribution in [3.05, 3.63) is 0 Å². The Labute approximate surface area is 197 Å². The van der Waals surface area contributed by atoms with E-state index in [0.717, 1.165) is 5.06 Å². The summed E-state index contributed by atoms with van der Waals surface area (Å²) in [5.41, 5.74) is -4.62. The van der Waals surface area contributed by atoms with Crippen LogP contribution in [-0.4, -0.2) is 91.5 Å². The van der Waals surface area contributed by atoms with Crippen LogP contribution in [0.4, 0.5) is 0 Å². The van der Waals surface area contributed by atoms with Crippen molar-refractivity contribution in [3.63, 3.8) is 0 Å². The summed E-state index contributed by atoms with van der Waals surface area (Å²) < 4.78 is 17.7. The van der Waals surface area contributed by atoms with E-state index in [1.54, 1.807) is 34.6 Å². The smallest absolute Gasteiger partial charge is 0.338 e. The molecule has 2 heterocycles. The van der Waals surface area contributed by atoms with Crippen molar-refractivity contribution in [3.8, 4) is 0 Å². The van der Waals surface area contributed by atoms with Gasteiger partial charge in [-0.3, -0.25) is 19.3 Å². The predicted molar refractivity (Wildman–Crippen MR) is 122 cm³/mol. The molecule has 2 amide bonds. The lowest BCUT2D eigenvalue weighted by Crippen LogP contribution is -2.71. The Morgan fingerprint density at radius 3 is 2.39 bits per heavy atom. The standard InChI is InChI=1S/C22H40N2O8Si/c1-14(17(25)23(6)29-7)11-16(32-33(8,9)10)22(28)15(2)18(26)24-13-30-12-21(22,24)19(27)31-20(3,4)5/h14-16,28H,11-13H2,1-10H3/t14-,15+,16+,21-,22-/m1/s1. The highest BCUT2D eigenvalue weighted by molar-refractivity contribution is 6.69. The van der Waals surface area contributed by atoms with Crippen LogP contribution in [0.5, 0.6) is 0 Å². The van der Waals surface area contributed by atoms with Crippen LogP contribution in [0.25, 0.3) is 0 Å². The van der Waals surface area contributed by atoms with Crippen molar-refractivity contribution in [1.82, 2.24) is 9.96 Å². The van der Waals surface area contributed by atoms with Gasteiger partial charge in [-0.2, -0.15) is 0 Å². The first-order chi connectivity index (χ1) is 14.9. The zero-order valence-electron chi connectivity index (χ0n) is 21.6. The van der Waals surface area contributed by atoms with Crippen LogP contribution in [-0.2, 0) is 33.1 Å². The highest BCUT2D eigenvalue weighted by atomic mass is 28.4. The second kappa shape index (κ2) is 9.25. The Hall–Kier alpha value is -1.53. The van der Waals surface area contributed by atoms with Crippen molar-refractivity contribution in [1.29, 1.82) is 0 Å². The first kappa shape index (κ1) is 27.7. The average Bonchev–Trinajstić information content (AvgIpc) is 3.19. The van der Waals surface area contributed by atoms with Gasteiger partial charge >= 0.3 is 5.97 Å². The molecule has 0 bridgehead atoms. The molecule has 0 radical (unpaired) electrons. The number of ether oxygens (including phenoxy) is 2. The van der Waals surface area contributed by atoms with Crippen LogP contribution in [0.3, 0.4) is 0 Å². The molecule has 10 nitrogen and oxygen atoms in total. The molecule has 0 unspecified atom stereocenters. The molecule has 0 aromatic rings. The molecule has 11 heteroatoms. The minimum absolute atomic E-state index is 0.0727. The number of hydrogen-bond acceptors (Lipinski definition) is 8. The van der Waals surface area contributed by atoms with Crippen molar-refractivity contribution in [2.45, 2.75) is 83.5 Å². The van der Waals surface area contributed by atoms with Crippen molar-refractivity contribution >= 4 is 26.1 Å². The molecule has 33 heavy (non-hydrogen) atoms. The summed E-state index contributed by atoms with van der Waals surface area (Å²) in [5, 5.41) is 13.5. The molecule has 0 aliphatic carbocycles. The maximum Gasteiger partial charge on any atom is 0.338 e. The largest absolute Gasteiger partial charge is 0.458 e. The molecule has 2 saturated heterocycles. The molecule has 1 N–H and O–H groups in total. The van der Waals surface area contributed by atoms with E-state index in [1.165, 1.54) is 19.1 Å². The van der Waals surface area contributed by atoms with Gasteiger partial charge in [0, 0.05) is 13.0 Å². The lowest BCUT2D eigenvalue weighted by Gasteiger charge is -2.47. The molecular weight excluding hydrogens is 448 g/mol. The van der Waals surface area contributed by atoms with E-state index < -0.39 is 54.9 Å². The van der Waals surface area contributed by atoms with E-state index >= 15 is 0 Å². The molecule has 0 aromatic heterocycles. The van der Waals surface area contributed by atoms with Crippen LogP contribution in [0.2, 0.25) is 19.6 Å². The first-order valence-corrected chi connectivity index (χ1v) is 14.7. The summed E-state index contributed by atoms with van der Waals surface area (Å²) >= 11 is 0. The number of nitrogens with zero attached hydrogens (tertiary/aromatic N) is 2. The number of carbonyl (C=O) groups excluding carboxylic acids is 3. The summed E-state index contributed by atoms with van der Waals surface area (Å²) in [6.45, 7) is 13.9. The van der Waals surface area contributed by atoms with Gasteiger partial charge in [-0.05, 0) is 46.8 Å². The molecule has 0 saturated carbocycles. The van der Waals surface area contributed by atoms with Crippen LogP contribution >= 0.6 is 0 Å². The van der Waals surface area contributed by atoms with E-state index in [-0.39, 0.29) is 25.7 Å². The highest BCUT2D eigenvalue weighted by Crippen LogP contribution is 2.51. The summed E-state index contributed by atoms with van der Waals surface area (Å²) in [5.74, 6) is -3.07. The Balaban J connectivity index is 2.62. The van der Waals surface area contributed by atoms with Crippen LogP contribution in [0.1, 0.15) is 41.0 Å². The van der Waals surface area contributed by atoms with Crippen molar-refractivity contribution in [2.75, 3.05) is 27.5 Å². The zero-order valence-corrected chi connectivity index (χ0v) is 22.6. The SMILES string of the molecule is CON(C)C(=O)[C@H](C)C[C@H](O[Si](C)(C)C)[C@]1(O)[C@@H](C)C(=O)N2COC[C@]21C(=O)OC(C)(C)C. The number of fused-ring (bicyclic) bond motifs is 1. The average molecular weight is 489 g/mol. The molecule has 2 fully saturated rings. The molecule has 2 aliphatic heterocycles. The quantitative estimate of drug-likeness (QED) is 0.311. The second-order valence-corrected chi connectivity index (χ2v) is 15.5. The highest BCUT2D eigenvalue weighted by Gasteiger charge is 2.76. The monoisotopic (exact) mass is 488 g/mol. The van der Waals surface area contributed by atoms with E-state index in [2.05, 4.69) is 0 Å². The summed E-state index contributed by atoms with van der Waals surface area (Å²) in [4.78, 5) is 45.9. The van der Waals surface area contributed by atoms with E-state index in [4.69, 9.17) is 18.7 Å². The fraction of sp³-hybridized carbons (Fsp3) is 0.864. The van der Waals surface area contributed by atoms with Gasteiger partial charge in [0.2, 0.25) is 11.8 Å². The van der Waals surface area contributed by atoms with Crippen LogP contribution in [0.15, 0.2) is 0 Å². The number of aliphatic hydroxyl groups is 1. The van der Waals surface area contributed by atoms with Crippen LogP contribution < -0.4 is 0 Å². The van der Waals surface area contributed by atoms with Crippen molar-refractivity contribution in [2.24, 2.45) is 11.8 Å². The Morgan fingerprint density at radius 2 is 1.91 bits per heavy atom. The summed E-state index contributed by atoms with van der Waals surface area (Å²) in [7, 11) is 0.564. The van der Waals surface area contributed by atoms with Gasteiger partial charge in [0.15, 0.2) is 13.9 Å².